The number of esters is 2. The number of carboxylic acid groups (broad SMARTS) is 1. The number of aliphatic carboxylic acids is 1. The number of ether oxygens (including phenoxy) is 2. The molecule has 1 saturated heterocycles. The number of carbonyl (C=O) groups is 3. The molecule has 1 spiro atoms. The highest BCUT2D eigenvalue weighted by atomic mass is 16.5. The quantitative estimate of drug-likeness (QED) is 0.457. The van der Waals surface area contributed by atoms with Crippen LogP contribution in [0.5, 0.6) is 0 Å². The van der Waals surface area contributed by atoms with E-state index in [2.05, 4.69) is 20.8 Å². The topological polar surface area (TPSA) is 110 Å². The molecule has 2 fully saturated rings. The van der Waals surface area contributed by atoms with Crippen LogP contribution >= 0.6 is 0 Å². The highest BCUT2D eigenvalue weighted by Gasteiger charge is 2.63. The lowest BCUT2D eigenvalue weighted by Crippen LogP contribution is -2.56. The zero-order valence-corrected chi connectivity index (χ0v) is 18.2. The summed E-state index contributed by atoms with van der Waals surface area (Å²) < 4.78 is 10.5. The first-order valence-corrected chi connectivity index (χ1v) is 11.0. The van der Waals surface area contributed by atoms with Crippen molar-refractivity contribution in [2.45, 2.75) is 71.8 Å². The molecule has 0 radical (unpaired) electrons. The van der Waals surface area contributed by atoms with Gasteiger partial charge < -0.3 is 19.7 Å². The smallest absolute Gasteiger partial charge is 0.334 e. The van der Waals surface area contributed by atoms with Crippen LogP contribution in [-0.4, -0.2) is 47.4 Å². The molecule has 1 heterocycles. The molecule has 168 valence electrons. The van der Waals surface area contributed by atoms with E-state index >= 15 is 0 Å². The van der Waals surface area contributed by atoms with E-state index in [1.54, 1.807) is 0 Å². The summed E-state index contributed by atoms with van der Waals surface area (Å²) in [6, 6.07) is 0. The Hall–Kier alpha value is -1.89. The summed E-state index contributed by atoms with van der Waals surface area (Å²) >= 11 is 0. The minimum atomic E-state index is -1.19. The second-order valence-corrected chi connectivity index (χ2v) is 9.77. The number of cyclic esters (lactones) is 1. The second-order valence-electron chi connectivity index (χ2n) is 9.77. The molecule has 0 bridgehead atoms. The van der Waals surface area contributed by atoms with Crippen LogP contribution in [0.3, 0.4) is 0 Å². The maximum Gasteiger partial charge on any atom is 0.334 e. The van der Waals surface area contributed by atoms with Gasteiger partial charge in [-0.2, -0.15) is 0 Å². The van der Waals surface area contributed by atoms with Gasteiger partial charge in [0, 0.05) is 11.0 Å². The fourth-order valence-corrected chi connectivity index (χ4v) is 6.03. The van der Waals surface area contributed by atoms with Crippen molar-refractivity contribution in [3.05, 3.63) is 11.6 Å². The molecule has 2 aliphatic carbocycles. The van der Waals surface area contributed by atoms with Crippen molar-refractivity contribution in [3.63, 3.8) is 0 Å². The van der Waals surface area contributed by atoms with E-state index in [0.29, 0.717) is 25.4 Å². The standard InChI is InChI=1S/C23H34O7/c1-14(8-10-29-20(27)11-19(25)26)7-9-22(3)15(2)17(24)12-23-13-30-21(28)16(23)5-4-6-18(22)23/h5,14-15,17-18,24H,4,6-13H2,1-3H3,(H,25,26)/t14-,15+,17+,18+,22-,23+/m0/s1. The van der Waals surface area contributed by atoms with Crippen molar-refractivity contribution in [3.8, 4) is 0 Å². The van der Waals surface area contributed by atoms with Crippen LogP contribution in [0.15, 0.2) is 11.6 Å². The number of hydrogen-bond donors (Lipinski definition) is 2. The lowest BCUT2D eigenvalue weighted by molar-refractivity contribution is -0.151. The highest BCUT2D eigenvalue weighted by molar-refractivity contribution is 5.92. The predicted molar refractivity (Wildman–Crippen MR) is 108 cm³/mol. The number of rotatable bonds is 8. The van der Waals surface area contributed by atoms with Crippen LogP contribution in [0.4, 0.5) is 0 Å². The van der Waals surface area contributed by atoms with Crippen LogP contribution in [0.1, 0.15) is 65.7 Å². The Kier molecular flexibility index (Phi) is 6.60. The van der Waals surface area contributed by atoms with Crippen molar-refractivity contribution < 1.29 is 34.1 Å². The molecule has 0 aromatic heterocycles. The Balaban J connectivity index is 1.64. The fraction of sp³-hybridized carbons (Fsp3) is 0.783. The van der Waals surface area contributed by atoms with Gasteiger partial charge in [0.25, 0.3) is 0 Å². The van der Waals surface area contributed by atoms with E-state index in [0.717, 1.165) is 31.3 Å². The maximum absolute atomic E-state index is 12.3. The molecule has 3 aliphatic rings. The third-order valence-electron chi connectivity index (χ3n) is 8.02. The summed E-state index contributed by atoms with van der Waals surface area (Å²) in [7, 11) is 0. The van der Waals surface area contributed by atoms with Gasteiger partial charge in [-0.05, 0) is 55.3 Å². The molecule has 30 heavy (non-hydrogen) atoms. The second kappa shape index (κ2) is 8.69. The molecule has 0 aromatic carbocycles. The average Bonchev–Trinajstić information content (AvgIpc) is 3.00. The lowest BCUT2D eigenvalue weighted by atomic mass is 9.46. The van der Waals surface area contributed by atoms with E-state index in [9.17, 15) is 19.5 Å². The average molecular weight is 423 g/mol. The first-order chi connectivity index (χ1) is 14.1. The van der Waals surface area contributed by atoms with Gasteiger partial charge in [0.05, 0.1) is 12.7 Å². The molecule has 7 nitrogen and oxygen atoms in total. The summed E-state index contributed by atoms with van der Waals surface area (Å²) in [5, 5.41) is 19.5. The minimum Gasteiger partial charge on any atom is -0.481 e. The van der Waals surface area contributed by atoms with Gasteiger partial charge in [-0.3, -0.25) is 9.59 Å². The predicted octanol–water partition coefficient (Wildman–Crippen LogP) is 3.10. The summed E-state index contributed by atoms with van der Waals surface area (Å²) in [6.07, 6.45) is 5.86. The van der Waals surface area contributed by atoms with Gasteiger partial charge in [-0.1, -0.05) is 33.3 Å². The Morgan fingerprint density at radius 2 is 2.10 bits per heavy atom. The molecule has 7 heteroatoms. The Morgan fingerprint density at radius 1 is 1.37 bits per heavy atom. The highest BCUT2D eigenvalue weighted by Crippen LogP contribution is 2.64. The molecule has 0 unspecified atom stereocenters. The lowest BCUT2D eigenvalue weighted by Gasteiger charge is -2.58. The largest absolute Gasteiger partial charge is 0.481 e. The van der Waals surface area contributed by atoms with Gasteiger partial charge in [0.15, 0.2) is 0 Å². The van der Waals surface area contributed by atoms with Crippen molar-refractivity contribution in [2.24, 2.45) is 28.6 Å². The number of carboxylic acids is 1. The molecule has 0 amide bonds. The zero-order valence-electron chi connectivity index (χ0n) is 18.2. The molecule has 3 rings (SSSR count). The van der Waals surface area contributed by atoms with Crippen molar-refractivity contribution >= 4 is 17.9 Å². The third-order valence-corrected chi connectivity index (χ3v) is 8.02. The Morgan fingerprint density at radius 3 is 2.80 bits per heavy atom. The molecular weight excluding hydrogens is 388 g/mol. The van der Waals surface area contributed by atoms with Crippen molar-refractivity contribution in [1.82, 2.24) is 0 Å². The minimum absolute atomic E-state index is 0.115. The summed E-state index contributed by atoms with van der Waals surface area (Å²) in [6.45, 7) is 7.05. The molecular formula is C23H34O7. The molecule has 6 atom stereocenters. The van der Waals surface area contributed by atoms with Gasteiger partial charge in [-0.25, -0.2) is 4.79 Å². The van der Waals surface area contributed by atoms with Gasteiger partial charge in [0.1, 0.15) is 13.0 Å². The molecule has 1 saturated carbocycles. The molecule has 1 aliphatic heterocycles. The van der Waals surface area contributed by atoms with Crippen LogP contribution in [0.25, 0.3) is 0 Å². The number of allylic oxidation sites excluding steroid dienone is 1. The summed E-state index contributed by atoms with van der Waals surface area (Å²) in [5.41, 5.74) is 0.277. The van der Waals surface area contributed by atoms with E-state index in [1.165, 1.54) is 0 Å². The number of aliphatic hydroxyl groups excluding tert-OH is 1. The van der Waals surface area contributed by atoms with Gasteiger partial charge in [0.2, 0.25) is 0 Å². The molecule has 0 aromatic rings. The van der Waals surface area contributed by atoms with Crippen LogP contribution in [0.2, 0.25) is 0 Å². The monoisotopic (exact) mass is 422 g/mol. The van der Waals surface area contributed by atoms with E-state index in [1.807, 2.05) is 6.08 Å². The van der Waals surface area contributed by atoms with Gasteiger partial charge in [-0.15, -0.1) is 0 Å². The zero-order chi connectivity index (χ0) is 22.1. The number of hydrogen-bond acceptors (Lipinski definition) is 6. The van der Waals surface area contributed by atoms with Crippen molar-refractivity contribution in [2.75, 3.05) is 13.2 Å². The van der Waals surface area contributed by atoms with Crippen molar-refractivity contribution in [1.29, 1.82) is 0 Å². The number of aliphatic hydroxyl groups is 1. The normalized spacial score (nSPS) is 36.2. The Labute approximate surface area is 177 Å². The molecule has 2 N–H and O–H groups in total. The Bertz CT molecular complexity index is 729. The third kappa shape index (κ3) is 4.13. The SMILES string of the molecule is C[C@H](CCOC(=O)CC(=O)O)CC[C@@]1(C)[C@H](C)[C@H](O)C[C@@]23COC(=O)C2=CCC[C@@H]31. The van der Waals surface area contributed by atoms with Gasteiger partial charge >= 0.3 is 17.9 Å². The fourth-order valence-electron chi connectivity index (χ4n) is 6.03. The van der Waals surface area contributed by atoms with E-state index in [-0.39, 0.29) is 35.2 Å². The first kappa shape index (κ1) is 22.8. The van der Waals surface area contributed by atoms with E-state index in [4.69, 9.17) is 14.6 Å². The first-order valence-electron chi connectivity index (χ1n) is 11.0. The summed E-state index contributed by atoms with van der Waals surface area (Å²) in [5.74, 6) is -1.42. The maximum atomic E-state index is 12.3. The van der Waals surface area contributed by atoms with Crippen LogP contribution in [-0.2, 0) is 23.9 Å². The van der Waals surface area contributed by atoms with Crippen LogP contribution < -0.4 is 0 Å². The summed E-state index contributed by atoms with van der Waals surface area (Å²) in [4.78, 5) is 34.2. The number of carbonyl (C=O) groups excluding carboxylic acids is 2. The van der Waals surface area contributed by atoms with E-state index < -0.39 is 24.5 Å². The van der Waals surface area contributed by atoms with Crippen LogP contribution in [0, 0.1) is 28.6 Å².